The fourth-order valence-electron chi connectivity index (χ4n) is 3.91. The Morgan fingerprint density at radius 3 is 2.50 bits per heavy atom. The van der Waals surface area contributed by atoms with Gasteiger partial charge in [0.25, 0.3) is 0 Å². The van der Waals surface area contributed by atoms with Crippen LogP contribution >= 0.6 is 0 Å². The Morgan fingerprint density at radius 1 is 1.25 bits per heavy atom. The fraction of sp³-hybridized carbons (Fsp3) is 0.706. The lowest BCUT2D eigenvalue weighted by molar-refractivity contribution is 0.105. The number of ether oxygens (including phenoxy) is 1. The van der Waals surface area contributed by atoms with Crippen LogP contribution in [0.2, 0.25) is 0 Å². The lowest BCUT2D eigenvalue weighted by Gasteiger charge is -2.45. The minimum atomic E-state index is 0.375. The van der Waals surface area contributed by atoms with Crippen LogP contribution in [-0.2, 0) is 0 Å². The average molecular weight is 276 g/mol. The summed E-state index contributed by atoms with van der Waals surface area (Å²) in [6, 6.07) is 4.37. The molecule has 1 N–H and O–H groups in total. The zero-order chi connectivity index (χ0) is 14.8. The molecule has 2 rings (SSSR count). The Hall–Kier alpha value is -1.25. The molecule has 3 heteroatoms. The number of nitrogens with zero attached hydrogens (tertiary/aromatic N) is 1. The molecule has 3 nitrogen and oxygen atoms in total. The summed E-state index contributed by atoms with van der Waals surface area (Å²) < 4.78 is 5.66. The van der Waals surface area contributed by atoms with Gasteiger partial charge in [0.05, 0.1) is 6.61 Å². The largest absolute Gasteiger partial charge is 0.490 e. The number of nitrogens with one attached hydrogen (secondary N) is 1. The zero-order valence-electron chi connectivity index (χ0n) is 13.5. The molecule has 1 aliphatic rings. The minimum Gasteiger partial charge on any atom is -0.490 e. The van der Waals surface area contributed by atoms with Gasteiger partial charge in [0.2, 0.25) is 0 Å². The Balaban J connectivity index is 2.13. The normalized spacial score (nSPS) is 21.4. The molecule has 0 radical (unpaired) electrons. The van der Waals surface area contributed by atoms with Gasteiger partial charge in [0.15, 0.2) is 11.6 Å². The molecule has 0 spiro atoms. The van der Waals surface area contributed by atoms with E-state index in [0.29, 0.717) is 23.5 Å². The molecular formula is C17H28N2O. The number of hydrogen-bond donors (Lipinski definition) is 1. The highest BCUT2D eigenvalue weighted by molar-refractivity contribution is 5.50. The molecule has 112 valence electrons. The summed E-state index contributed by atoms with van der Waals surface area (Å²) in [4.78, 5) is 4.45. The van der Waals surface area contributed by atoms with Crippen molar-refractivity contribution in [3.63, 3.8) is 0 Å². The maximum atomic E-state index is 5.66. The average Bonchev–Trinajstić information content (AvgIpc) is 2.27. The molecule has 0 aliphatic heterocycles. The molecule has 1 heterocycles. The van der Waals surface area contributed by atoms with Gasteiger partial charge >= 0.3 is 0 Å². The van der Waals surface area contributed by atoms with Crippen molar-refractivity contribution in [1.82, 2.24) is 4.98 Å². The molecule has 0 atom stereocenters. The monoisotopic (exact) mass is 276 g/mol. The summed E-state index contributed by atoms with van der Waals surface area (Å²) in [6.07, 6.45) is 5.46. The Bertz CT molecular complexity index is 438. The molecular weight excluding hydrogens is 248 g/mol. The van der Waals surface area contributed by atoms with Crippen molar-refractivity contribution in [2.45, 2.75) is 59.9 Å². The first-order valence-corrected chi connectivity index (χ1v) is 7.66. The Morgan fingerprint density at radius 2 is 1.90 bits per heavy atom. The van der Waals surface area contributed by atoms with Crippen LogP contribution in [0.1, 0.15) is 53.9 Å². The van der Waals surface area contributed by atoms with E-state index in [4.69, 9.17) is 4.74 Å². The van der Waals surface area contributed by atoms with Crippen LogP contribution in [0, 0.1) is 10.8 Å². The second-order valence-electron chi connectivity index (χ2n) is 7.54. The topological polar surface area (TPSA) is 34.1 Å². The molecule has 1 aliphatic carbocycles. The van der Waals surface area contributed by atoms with Crippen molar-refractivity contribution < 1.29 is 4.74 Å². The van der Waals surface area contributed by atoms with E-state index in [-0.39, 0.29) is 0 Å². The second-order valence-corrected chi connectivity index (χ2v) is 7.54. The molecule has 0 aromatic carbocycles. The molecule has 0 bridgehead atoms. The first-order valence-electron chi connectivity index (χ1n) is 7.66. The molecule has 1 aromatic heterocycles. The van der Waals surface area contributed by atoms with Gasteiger partial charge < -0.3 is 10.1 Å². The lowest BCUT2D eigenvalue weighted by Crippen LogP contribution is -2.40. The van der Waals surface area contributed by atoms with E-state index in [2.05, 4.69) is 38.0 Å². The molecule has 0 unspecified atom stereocenters. The summed E-state index contributed by atoms with van der Waals surface area (Å²) in [5.74, 6) is 1.74. The van der Waals surface area contributed by atoms with Gasteiger partial charge in [-0.3, -0.25) is 0 Å². The van der Waals surface area contributed by atoms with Crippen LogP contribution in [0.4, 0.5) is 5.82 Å². The van der Waals surface area contributed by atoms with Crippen LogP contribution in [0.15, 0.2) is 18.3 Å². The van der Waals surface area contributed by atoms with Crippen LogP contribution in [0.3, 0.4) is 0 Å². The van der Waals surface area contributed by atoms with Crippen LogP contribution in [0.25, 0.3) is 0 Å². The highest BCUT2D eigenvalue weighted by Crippen LogP contribution is 2.46. The maximum absolute atomic E-state index is 5.66. The van der Waals surface area contributed by atoms with Crippen LogP contribution in [0.5, 0.6) is 5.75 Å². The summed E-state index contributed by atoms with van der Waals surface area (Å²) in [7, 11) is 0. The third-order valence-corrected chi connectivity index (χ3v) is 3.97. The third-order valence-electron chi connectivity index (χ3n) is 3.97. The maximum Gasteiger partial charge on any atom is 0.168 e. The van der Waals surface area contributed by atoms with Gasteiger partial charge in [-0.15, -0.1) is 0 Å². The van der Waals surface area contributed by atoms with Crippen LogP contribution in [-0.4, -0.2) is 17.6 Å². The first-order chi connectivity index (χ1) is 9.31. The van der Waals surface area contributed by atoms with Crippen molar-refractivity contribution in [3.8, 4) is 5.75 Å². The number of rotatable bonds is 4. The highest BCUT2D eigenvalue weighted by atomic mass is 16.5. The third kappa shape index (κ3) is 3.87. The summed E-state index contributed by atoms with van der Waals surface area (Å²) in [6.45, 7) is 12.1. The molecule has 20 heavy (non-hydrogen) atoms. The van der Waals surface area contributed by atoms with Gasteiger partial charge in [-0.25, -0.2) is 4.98 Å². The van der Waals surface area contributed by atoms with Crippen molar-refractivity contribution in [1.29, 1.82) is 0 Å². The lowest BCUT2D eigenvalue weighted by atomic mass is 9.63. The number of anilines is 1. The van der Waals surface area contributed by atoms with Crippen molar-refractivity contribution in [2.75, 3.05) is 11.9 Å². The SMILES string of the molecule is CCOc1cccnc1NC1CC(C)(C)CC(C)(C)C1. The summed E-state index contributed by atoms with van der Waals surface area (Å²) in [5.41, 5.74) is 0.750. The van der Waals surface area contributed by atoms with Gasteiger partial charge in [0, 0.05) is 12.2 Å². The van der Waals surface area contributed by atoms with E-state index in [9.17, 15) is 0 Å². The van der Waals surface area contributed by atoms with Gasteiger partial charge in [-0.1, -0.05) is 27.7 Å². The second kappa shape index (κ2) is 5.63. The van der Waals surface area contributed by atoms with Gasteiger partial charge in [-0.2, -0.15) is 0 Å². The molecule has 1 saturated carbocycles. The van der Waals surface area contributed by atoms with E-state index in [1.54, 1.807) is 0 Å². The van der Waals surface area contributed by atoms with Crippen molar-refractivity contribution in [3.05, 3.63) is 18.3 Å². The fourth-order valence-corrected chi connectivity index (χ4v) is 3.91. The predicted octanol–water partition coefficient (Wildman–Crippen LogP) is 4.50. The zero-order valence-corrected chi connectivity index (χ0v) is 13.5. The van der Waals surface area contributed by atoms with E-state index in [1.165, 1.54) is 19.3 Å². The Labute approximate surface area is 123 Å². The van der Waals surface area contributed by atoms with Crippen molar-refractivity contribution >= 4 is 5.82 Å². The molecule has 1 aromatic rings. The summed E-state index contributed by atoms with van der Waals surface area (Å²) >= 11 is 0. The number of pyridine rings is 1. The van der Waals surface area contributed by atoms with E-state index < -0.39 is 0 Å². The van der Waals surface area contributed by atoms with E-state index in [0.717, 1.165) is 11.6 Å². The van der Waals surface area contributed by atoms with Gasteiger partial charge in [0.1, 0.15) is 0 Å². The van der Waals surface area contributed by atoms with Crippen LogP contribution < -0.4 is 10.1 Å². The number of hydrogen-bond acceptors (Lipinski definition) is 3. The van der Waals surface area contributed by atoms with Crippen molar-refractivity contribution in [2.24, 2.45) is 10.8 Å². The molecule has 0 saturated heterocycles. The Kier molecular flexibility index (Phi) is 4.26. The smallest absolute Gasteiger partial charge is 0.168 e. The quantitative estimate of drug-likeness (QED) is 0.879. The first kappa shape index (κ1) is 15.1. The van der Waals surface area contributed by atoms with E-state index >= 15 is 0 Å². The minimum absolute atomic E-state index is 0.375. The standard InChI is InChI=1S/C17H28N2O/c1-6-20-14-8-7-9-18-15(14)19-13-10-16(2,3)12-17(4,5)11-13/h7-9,13H,6,10-12H2,1-5H3,(H,18,19). The van der Waals surface area contributed by atoms with E-state index in [1.807, 2.05) is 25.3 Å². The van der Waals surface area contributed by atoms with Gasteiger partial charge in [-0.05, 0) is 49.1 Å². The summed E-state index contributed by atoms with van der Waals surface area (Å²) in [5, 5.41) is 3.61. The highest BCUT2D eigenvalue weighted by Gasteiger charge is 2.38. The predicted molar refractivity (Wildman–Crippen MR) is 84.2 cm³/mol. The molecule has 1 fully saturated rings. The molecule has 0 amide bonds. The number of aromatic nitrogens is 1.